The number of hydrazine groups is 2. The lowest BCUT2D eigenvalue weighted by molar-refractivity contribution is 0.308. The van der Waals surface area contributed by atoms with Crippen LogP contribution in [0.5, 0.6) is 0 Å². The summed E-state index contributed by atoms with van der Waals surface area (Å²) in [6, 6.07) is 0. The van der Waals surface area contributed by atoms with Crippen LogP contribution in [0.4, 0.5) is 0 Å². The Labute approximate surface area is 106 Å². The predicted molar refractivity (Wildman–Crippen MR) is 69.6 cm³/mol. The molecule has 0 saturated carbocycles. The molecule has 0 spiro atoms. The molecule has 0 aromatic carbocycles. The maximum absolute atomic E-state index is 5.45. The minimum Gasteiger partial charge on any atom is -0.304 e. The maximum atomic E-state index is 5.45. The zero-order chi connectivity index (χ0) is 12.4. The van der Waals surface area contributed by atoms with Crippen LogP contribution < -0.4 is 11.1 Å². The molecule has 1 aromatic rings. The van der Waals surface area contributed by atoms with E-state index in [4.69, 9.17) is 12.2 Å². The Balaban J connectivity index is 2.28. The minimum atomic E-state index is 0.553. The van der Waals surface area contributed by atoms with Crippen LogP contribution in [-0.2, 0) is 6.54 Å². The Hall–Kier alpha value is -1.34. The van der Waals surface area contributed by atoms with Crippen LogP contribution in [-0.4, -0.2) is 27.2 Å². The van der Waals surface area contributed by atoms with Crippen molar-refractivity contribution in [3.63, 3.8) is 0 Å². The molecular weight excluding hydrogens is 236 g/mol. The summed E-state index contributed by atoms with van der Waals surface area (Å²) in [5, 5.41) is 9.28. The van der Waals surface area contributed by atoms with Crippen molar-refractivity contribution in [2.45, 2.75) is 27.3 Å². The number of aromatic amines is 1. The van der Waals surface area contributed by atoms with Crippen LogP contribution in [0.1, 0.15) is 26.3 Å². The van der Waals surface area contributed by atoms with E-state index in [2.05, 4.69) is 35.1 Å². The number of nitrogens with zero attached hydrogens (tertiary/aromatic N) is 3. The third-order valence-electron chi connectivity index (χ3n) is 2.55. The van der Waals surface area contributed by atoms with E-state index in [9.17, 15) is 0 Å². The first-order chi connectivity index (χ1) is 8.13. The molecule has 1 aromatic heterocycles. The van der Waals surface area contributed by atoms with Gasteiger partial charge in [-0.2, -0.15) is 0 Å². The number of rotatable bonds is 4. The van der Waals surface area contributed by atoms with E-state index in [1.807, 2.05) is 22.8 Å². The lowest BCUT2D eigenvalue weighted by Gasteiger charge is -2.14. The second kappa shape index (κ2) is 4.89. The van der Waals surface area contributed by atoms with Gasteiger partial charge in [0.05, 0.1) is 5.56 Å². The molecule has 17 heavy (non-hydrogen) atoms. The number of amidine groups is 1. The first-order valence-electron chi connectivity index (χ1n) is 5.78. The van der Waals surface area contributed by atoms with Crippen LogP contribution in [0, 0.1) is 10.6 Å². The van der Waals surface area contributed by atoms with Gasteiger partial charge in [-0.05, 0) is 12.8 Å². The van der Waals surface area contributed by atoms with Crippen LogP contribution >= 0.6 is 12.2 Å². The molecule has 0 bridgehead atoms. The molecule has 0 unspecified atom stereocenters. The maximum Gasteiger partial charge on any atom is 0.177 e. The molecule has 7 heteroatoms. The van der Waals surface area contributed by atoms with E-state index in [-0.39, 0.29) is 0 Å². The lowest BCUT2D eigenvalue weighted by Crippen LogP contribution is -2.40. The third kappa shape index (κ3) is 2.34. The van der Waals surface area contributed by atoms with Crippen molar-refractivity contribution in [3.8, 4) is 0 Å². The van der Waals surface area contributed by atoms with Crippen molar-refractivity contribution in [1.82, 2.24) is 25.9 Å². The number of aromatic nitrogens is 2. The standard InChI is InChI=1S/C10H18N6S/c1-4-15-9(12-13-14-15)8-5-11-16(10(8)17)6-7(2)3/h5,7,11,13-14H,4,6H2,1-3H3. The average Bonchev–Trinajstić information content (AvgIpc) is 2.86. The van der Waals surface area contributed by atoms with Gasteiger partial charge in [-0.15, -0.1) is 10.6 Å². The molecule has 0 radical (unpaired) electrons. The second-order valence-corrected chi connectivity index (χ2v) is 4.79. The predicted octanol–water partition coefficient (Wildman–Crippen LogP) is 1.21. The molecule has 0 atom stereocenters. The monoisotopic (exact) mass is 254 g/mol. The Morgan fingerprint density at radius 3 is 2.88 bits per heavy atom. The smallest absolute Gasteiger partial charge is 0.177 e. The molecule has 0 fully saturated rings. The molecule has 6 nitrogen and oxygen atoms in total. The van der Waals surface area contributed by atoms with Gasteiger partial charge in [-0.1, -0.05) is 26.1 Å². The molecule has 3 N–H and O–H groups in total. The van der Waals surface area contributed by atoms with Gasteiger partial charge in [0.25, 0.3) is 0 Å². The number of nitrogens with one attached hydrogen (secondary N) is 3. The van der Waals surface area contributed by atoms with Gasteiger partial charge in [0.15, 0.2) is 5.84 Å². The van der Waals surface area contributed by atoms with E-state index in [1.165, 1.54) is 0 Å². The van der Waals surface area contributed by atoms with Gasteiger partial charge in [-0.25, -0.2) is 5.53 Å². The summed E-state index contributed by atoms with van der Waals surface area (Å²) in [6.07, 6.45) is 1.90. The van der Waals surface area contributed by atoms with Crippen LogP contribution in [0.25, 0.3) is 0 Å². The molecule has 1 aliphatic heterocycles. The van der Waals surface area contributed by atoms with E-state index in [0.29, 0.717) is 5.92 Å². The van der Waals surface area contributed by atoms with E-state index in [1.54, 1.807) is 0 Å². The molecule has 2 rings (SSSR count). The van der Waals surface area contributed by atoms with Gasteiger partial charge in [0, 0.05) is 19.3 Å². The van der Waals surface area contributed by atoms with Gasteiger partial charge in [0.2, 0.25) is 0 Å². The normalized spacial score (nSPS) is 15.3. The number of hydrogen-bond acceptors (Lipinski definition) is 5. The Bertz CT molecular complexity index is 471. The minimum absolute atomic E-state index is 0.553. The zero-order valence-corrected chi connectivity index (χ0v) is 11.1. The molecule has 94 valence electrons. The van der Waals surface area contributed by atoms with Crippen molar-refractivity contribution < 1.29 is 0 Å². The van der Waals surface area contributed by atoms with Gasteiger partial charge in [-0.3, -0.25) is 9.69 Å². The summed E-state index contributed by atoms with van der Waals surface area (Å²) >= 11 is 5.45. The van der Waals surface area contributed by atoms with Crippen molar-refractivity contribution in [1.29, 1.82) is 0 Å². The SMILES string of the molecule is CCN1NNN=C1c1c[nH]n(CC(C)C)c1=S. The number of hydrogen-bond donors (Lipinski definition) is 3. The number of H-pyrrole nitrogens is 1. The van der Waals surface area contributed by atoms with Gasteiger partial charge < -0.3 is 5.10 Å². The summed E-state index contributed by atoms with van der Waals surface area (Å²) in [5.74, 6) is 1.38. The van der Waals surface area contributed by atoms with Crippen LogP contribution in [0.3, 0.4) is 0 Å². The summed E-state index contributed by atoms with van der Waals surface area (Å²) in [4.78, 5) is 0. The lowest BCUT2D eigenvalue weighted by atomic mass is 10.2. The van der Waals surface area contributed by atoms with E-state index >= 15 is 0 Å². The highest BCUT2D eigenvalue weighted by atomic mass is 32.1. The first-order valence-corrected chi connectivity index (χ1v) is 6.18. The molecule has 0 saturated heterocycles. The molecule has 1 aliphatic rings. The van der Waals surface area contributed by atoms with Crippen LogP contribution in [0.2, 0.25) is 0 Å². The summed E-state index contributed by atoms with van der Waals surface area (Å²) < 4.78 is 2.77. The molecule has 0 aliphatic carbocycles. The van der Waals surface area contributed by atoms with E-state index < -0.39 is 0 Å². The molecule has 2 heterocycles. The third-order valence-corrected chi connectivity index (χ3v) is 2.99. The highest BCUT2D eigenvalue weighted by molar-refractivity contribution is 7.71. The van der Waals surface area contributed by atoms with Crippen molar-refractivity contribution in [2.24, 2.45) is 11.0 Å². The Morgan fingerprint density at radius 2 is 2.24 bits per heavy atom. The van der Waals surface area contributed by atoms with Crippen LogP contribution in [0.15, 0.2) is 11.3 Å². The molecule has 0 amide bonds. The summed E-state index contributed by atoms with van der Waals surface area (Å²) in [7, 11) is 0. The topological polar surface area (TPSA) is 60.4 Å². The quantitative estimate of drug-likeness (QED) is 0.707. The van der Waals surface area contributed by atoms with Crippen molar-refractivity contribution in [3.05, 3.63) is 16.4 Å². The first kappa shape index (κ1) is 12.1. The summed E-state index contributed by atoms with van der Waals surface area (Å²) in [5.41, 5.74) is 6.63. The zero-order valence-electron chi connectivity index (χ0n) is 10.3. The Morgan fingerprint density at radius 1 is 1.47 bits per heavy atom. The number of hydrazone groups is 1. The summed E-state index contributed by atoms with van der Waals surface area (Å²) in [6.45, 7) is 8.08. The van der Waals surface area contributed by atoms with Gasteiger partial charge >= 0.3 is 0 Å². The average molecular weight is 254 g/mol. The fourth-order valence-electron chi connectivity index (χ4n) is 1.76. The fourth-order valence-corrected chi connectivity index (χ4v) is 2.03. The fraction of sp³-hybridized carbons (Fsp3) is 0.600. The second-order valence-electron chi connectivity index (χ2n) is 4.40. The van der Waals surface area contributed by atoms with E-state index in [0.717, 1.165) is 29.1 Å². The van der Waals surface area contributed by atoms with Gasteiger partial charge in [0.1, 0.15) is 4.64 Å². The molecular formula is C10H18N6S. The highest BCUT2D eigenvalue weighted by Crippen LogP contribution is 2.10. The van der Waals surface area contributed by atoms with Crippen molar-refractivity contribution >= 4 is 18.1 Å². The Kier molecular flexibility index (Phi) is 3.49. The largest absolute Gasteiger partial charge is 0.304 e. The highest BCUT2D eigenvalue weighted by Gasteiger charge is 2.20. The van der Waals surface area contributed by atoms with Crippen molar-refractivity contribution in [2.75, 3.05) is 6.54 Å².